The molecule has 2 fully saturated rings. The Kier molecular flexibility index (Phi) is 6.62. The summed E-state index contributed by atoms with van der Waals surface area (Å²) in [5.41, 5.74) is 6.82. The Morgan fingerprint density at radius 1 is 1.02 bits per heavy atom. The van der Waals surface area contributed by atoms with Crippen LogP contribution in [-0.2, 0) is 23.1 Å². The van der Waals surface area contributed by atoms with Crippen molar-refractivity contribution in [3.8, 4) is 11.9 Å². The standard InChI is InChI=1S/C31H36N6O4S/c1-20-6-8-23(9-7-20)42(38,39)41-29-24-10-15-36(28-22(3)21(2)16-26-25(28)17-32-35-26)18-27(24)33-30(34-29)40-19-31-11-4-13-37(31)14-5-12-31/h6-9,16-17H,4-5,10-15,18-19H2,1-3H3,(H,32,35). The Balaban J connectivity index is 1.25. The van der Waals surface area contributed by atoms with Crippen LogP contribution in [0.15, 0.2) is 41.4 Å². The van der Waals surface area contributed by atoms with Gasteiger partial charge in [0.1, 0.15) is 11.5 Å². The molecule has 0 spiro atoms. The van der Waals surface area contributed by atoms with Crippen LogP contribution in [0.3, 0.4) is 0 Å². The zero-order valence-corrected chi connectivity index (χ0v) is 25.1. The van der Waals surface area contributed by atoms with Crippen molar-refractivity contribution in [1.82, 2.24) is 25.1 Å². The maximum Gasteiger partial charge on any atom is 0.340 e. The Bertz CT molecular complexity index is 1760. The molecule has 5 heterocycles. The minimum atomic E-state index is -4.11. The number of ether oxygens (including phenoxy) is 1. The minimum Gasteiger partial charge on any atom is -0.461 e. The van der Waals surface area contributed by atoms with Crippen LogP contribution < -0.4 is 13.8 Å². The fourth-order valence-corrected chi connectivity index (χ4v) is 7.84. The number of hydrogen-bond acceptors (Lipinski definition) is 9. The van der Waals surface area contributed by atoms with Gasteiger partial charge >= 0.3 is 16.1 Å². The van der Waals surface area contributed by atoms with Crippen molar-refractivity contribution < 1.29 is 17.3 Å². The van der Waals surface area contributed by atoms with E-state index in [1.54, 1.807) is 24.3 Å². The van der Waals surface area contributed by atoms with E-state index in [4.69, 9.17) is 13.9 Å². The van der Waals surface area contributed by atoms with Crippen molar-refractivity contribution in [1.29, 1.82) is 0 Å². The molecule has 0 amide bonds. The van der Waals surface area contributed by atoms with Gasteiger partial charge in [-0.15, -0.1) is 0 Å². The smallest absolute Gasteiger partial charge is 0.340 e. The molecule has 4 aromatic rings. The summed E-state index contributed by atoms with van der Waals surface area (Å²) in [6, 6.07) is 8.90. The van der Waals surface area contributed by atoms with Gasteiger partial charge in [0.05, 0.1) is 35.2 Å². The van der Waals surface area contributed by atoms with Crippen molar-refractivity contribution in [2.24, 2.45) is 0 Å². The summed E-state index contributed by atoms with van der Waals surface area (Å²) in [5.74, 6) is 0.0526. The number of aromatic amines is 1. The molecule has 3 aliphatic rings. The molecule has 2 saturated heterocycles. The number of fused-ring (bicyclic) bond motifs is 3. The fraction of sp³-hybridized carbons (Fsp3) is 0.452. The lowest BCUT2D eigenvalue weighted by Crippen LogP contribution is -2.43. The van der Waals surface area contributed by atoms with E-state index in [9.17, 15) is 8.42 Å². The first-order chi connectivity index (χ1) is 20.2. The Labute approximate surface area is 246 Å². The SMILES string of the molecule is Cc1ccc(S(=O)(=O)Oc2nc(OCC34CCCN3CCC4)nc3c2CCN(c2c(C)c(C)cc4[nH]ncc24)C3)cc1. The molecule has 3 aliphatic heterocycles. The molecule has 11 heteroatoms. The number of hydrogen-bond donors (Lipinski definition) is 1. The van der Waals surface area contributed by atoms with Gasteiger partial charge in [0.15, 0.2) is 0 Å². The second kappa shape index (κ2) is 10.2. The molecule has 1 N–H and O–H groups in total. The first kappa shape index (κ1) is 27.2. The first-order valence-corrected chi connectivity index (χ1v) is 16.1. The highest BCUT2D eigenvalue weighted by Gasteiger charge is 2.45. The zero-order valence-electron chi connectivity index (χ0n) is 24.3. The van der Waals surface area contributed by atoms with E-state index in [0.717, 1.165) is 60.9 Å². The number of anilines is 1. The fourth-order valence-electron chi connectivity index (χ4n) is 6.93. The third kappa shape index (κ3) is 4.68. The number of nitrogens with zero attached hydrogens (tertiary/aromatic N) is 5. The van der Waals surface area contributed by atoms with Gasteiger partial charge in [0.2, 0.25) is 5.88 Å². The second-order valence-corrected chi connectivity index (χ2v) is 13.5. The van der Waals surface area contributed by atoms with Gasteiger partial charge in [0.25, 0.3) is 0 Å². The summed E-state index contributed by atoms with van der Waals surface area (Å²) in [4.78, 5) is 14.3. The van der Waals surface area contributed by atoms with E-state index in [1.807, 2.05) is 13.1 Å². The highest BCUT2D eigenvalue weighted by Crippen LogP contribution is 2.40. The average molecular weight is 589 g/mol. The van der Waals surface area contributed by atoms with Crippen molar-refractivity contribution in [2.75, 3.05) is 31.1 Å². The molecule has 7 rings (SSSR count). The van der Waals surface area contributed by atoms with Crippen LogP contribution >= 0.6 is 0 Å². The van der Waals surface area contributed by atoms with Crippen LogP contribution in [-0.4, -0.2) is 65.3 Å². The number of rotatable bonds is 7. The quantitative estimate of drug-likeness (QED) is 0.309. The van der Waals surface area contributed by atoms with Crippen molar-refractivity contribution in [3.63, 3.8) is 0 Å². The van der Waals surface area contributed by atoms with Crippen LogP contribution in [0.1, 0.15) is 53.6 Å². The molecule has 0 aliphatic carbocycles. The highest BCUT2D eigenvalue weighted by atomic mass is 32.2. The zero-order chi connectivity index (χ0) is 29.1. The largest absolute Gasteiger partial charge is 0.461 e. The first-order valence-electron chi connectivity index (χ1n) is 14.7. The molecule has 42 heavy (non-hydrogen) atoms. The van der Waals surface area contributed by atoms with Gasteiger partial charge in [-0.3, -0.25) is 10.00 Å². The topological polar surface area (TPSA) is 114 Å². The van der Waals surface area contributed by atoms with Gasteiger partial charge in [-0.05, 0) is 95.3 Å². The predicted molar refractivity (Wildman–Crippen MR) is 160 cm³/mol. The lowest BCUT2D eigenvalue weighted by atomic mass is 9.95. The lowest BCUT2D eigenvalue weighted by Gasteiger charge is -2.33. The summed E-state index contributed by atoms with van der Waals surface area (Å²) >= 11 is 0. The highest BCUT2D eigenvalue weighted by molar-refractivity contribution is 7.87. The number of aryl methyl sites for hydroxylation is 2. The van der Waals surface area contributed by atoms with Crippen LogP contribution in [0, 0.1) is 20.8 Å². The number of nitrogens with one attached hydrogen (secondary N) is 1. The van der Waals surface area contributed by atoms with E-state index in [2.05, 4.69) is 44.9 Å². The Morgan fingerprint density at radius 3 is 2.55 bits per heavy atom. The maximum absolute atomic E-state index is 13.4. The van der Waals surface area contributed by atoms with Crippen LogP contribution in [0.25, 0.3) is 10.9 Å². The summed E-state index contributed by atoms with van der Waals surface area (Å²) in [5, 5.41) is 8.43. The van der Waals surface area contributed by atoms with Crippen molar-refractivity contribution in [3.05, 3.63) is 64.5 Å². The molecule has 0 bridgehead atoms. The van der Waals surface area contributed by atoms with E-state index in [0.29, 0.717) is 37.4 Å². The van der Waals surface area contributed by atoms with E-state index in [-0.39, 0.29) is 22.3 Å². The molecule has 2 aromatic heterocycles. The summed E-state index contributed by atoms with van der Waals surface area (Å²) in [6.45, 7) is 9.91. The van der Waals surface area contributed by atoms with Crippen LogP contribution in [0.4, 0.5) is 5.69 Å². The number of H-pyrrole nitrogens is 1. The molecule has 2 aromatic carbocycles. The normalized spacial score (nSPS) is 18.3. The lowest BCUT2D eigenvalue weighted by molar-refractivity contribution is 0.107. The molecular weight excluding hydrogens is 552 g/mol. The molecular formula is C31H36N6O4S. The summed E-state index contributed by atoms with van der Waals surface area (Å²) < 4.78 is 38.8. The van der Waals surface area contributed by atoms with Crippen LogP contribution in [0.2, 0.25) is 0 Å². The average Bonchev–Trinajstić information content (AvgIpc) is 3.68. The maximum atomic E-state index is 13.4. The van der Waals surface area contributed by atoms with Gasteiger partial charge in [0, 0.05) is 17.5 Å². The monoisotopic (exact) mass is 588 g/mol. The van der Waals surface area contributed by atoms with Gasteiger partial charge in [-0.25, -0.2) is 0 Å². The molecule has 0 saturated carbocycles. The van der Waals surface area contributed by atoms with Crippen molar-refractivity contribution in [2.45, 2.75) is 69.9 Å². The van der Waals surface area contributed by atoms with Gasteiger partial charge < -0.3 is 13.8 Å². The number of benzene rings is 2. The Morgan fingerprint density at radius 2 is 1.79 bits per heavy atom. The summed E-state index contributed by atoms with van der Waals surface area (Å²) in [7, 11) is -4.11. The second-order valence-electron chi connectivity index (χ2n) is 12.0. The third-order valence-corrected chi connectivity index (χ3v) is 10.6. The minimum absolute atomic E-state index is 0.00581. The van der Waals surface area contributed by atoms with Crippen LogP contribution in [0.5, 0.6) is 11.9 Å². The molecule has 0 radical (unpaired) electrons. The van der Waals surface area contributed by atoms with Crippen molar-refractivity contribution >= 4 is 26.7 Å². The van der Waals surface area contributed by atoms with Gasteiger partial charge in [-0.1, -0.05) is 17.7 Å². The number of aromatic nitrogens is 4. The molecule has 0 atom stereocenters. The third-order valence-electron chi connectivity index (χ3n) is 9.33. The van der Waals surface area contributed by atoms with Gasteiger partial charge in [-0.2, -0.15) is 23.5 Å². The summed E-state index contributed by atoms with van der Waals surface area (Å²) in [6.07, 6.45) is 6.88. The molecule has 0 unspecified atom stereocenters. The Hall–Kier alpha value is -3.70. The predicted octanol–water partition coefficient (Wildman–Crippen LogP) is 4.62. The molecule has 10 nitrogen and oxygen atoms in total. The van der Waals surface area contributed by atoms with E-state index in [1.165, 1.54) is 11.1 Å². The van der Waals surface area contributed by atoms with E-state index >= 15 is 0 Å². The van der Waals surface area contributed by atoms with E-state index < -0.39 is 10.1 Å². The molecule has 220 valence electrons.